The summed E-state index contributed by atoms with van der Waals surface area (Å²) in [6.07, 6.45) is -3.85. The molecule has 0 amide bonds. The molecule has 2 rings (SSSR count). The number of ether oxygens (including phenoxy) is 1. The van der Waals surface area contributed by atoms with E-state index in [0.717, 1.165) is 6.07 Å². The Labute approximate surface area is 104 Å². The quantitative estimate of drug-likeness (QED) is 0.597. The van der Waals surface area contributed by atoms with Gasteiger partial charge in [0.15, 0.2) is 0 Å². The first-order valence-electron chi connectivity index (χ1n) is 4.89. The van der Waals surface area contributed by atoms with E-state index in [0.29, 0.717) is 0 Å². The van der Waals surface area contributed by atoms with Gasteiger partial charge in [-0.15, -0.1) is 0 Å². The molecule has 0 aliphatic carbocycles. The molecule has 4 atom stereocenters. The van der Waals surface area contributed by atoms with E-state index in [1.165, 1.54) is 10.8 Å². The maximum absolute atomic E-state index is 13.8. The summed E-state index contributed by atoms with van der Waals surface area (Å²) in [5, 5.41) is 18.4. The molecule has 1 aliphatic rings. The molecule has 8 heteroatoms. The summed E-state index contributed by atoms with van der Waals surface area (Å²) in [5.41, 5.74) is -0.456. The summed E-state index contributed by atoms with van der Waals surface area (Å²) in [5.74, 6) is 0. The second-order valence-corrected chi connectivity index (χ2v) is 4.40. The van der Waals surface area contributed by atoms with Crippen molar-refractivity contribution in [3.8, 4) is 0 Å². The number of rotatable bonds is 2. The predicted molar refractivity (Wildman–Crippen MR) is 55.8 cm³/mol. The Morgan fingerprint density at radius 1 is 1.65 bits per heavy atom. The van der Waals surface area contributed by atoms with Crippen molar-refractivity contribution in [3.63, 3.8) is 0 Å². The first kappa shape index (κ1) is 12.7. The number of halogens is 1. The van der Waals surface area contributed by atoms with Gasteiger partial charge in [-0.25, -0.2) is 0 Å². The fraction of sp³-hybridized carbons (Fsp3) is 0.556. The van der Waals surface area contributed by atoms with Crippen LogP contribution in [0.2, 0.25) is 0 Å². The molecular weight excluding hydrogens is 298 g/mol. The molecule has 2 heterocycles. The fourth-order valence-corrected chi connectivity index (χ4v) is 2.20. The molecule has 17 heavy (non-hydrogen) atoms. The van der Waals surface area contributed by atoms with Gasteiger partial charge in [0, 0.05) is 0 Å². The van der Waals surface area contributed by atoms with Crippen LogP contribution in [0, 0.1) is 0 Å². The average Bonchev–Trinajstić information content (AvgIpc) is 2.57. The van der Waals surface area contributed by atoms with Gasteiger partial charge in [-0.2, -0.15) is 0 Å². The summed E-state index contributed by atoms with van der Waals surface area (Å²) in [6, 6.07) is 1.16. The SMILES string of the molecule is O=c1ccn([C@@H]2O[C@H](CO)C(O)[C@@H]2F)c([Se])n1. The first-order valence-corrected chi connectivity index (χ1v) is 5.75. The van der Waals surface area contributed by atoms with Gasteiger partial charge >= 0.3 is 103 Å². The maximum atomic E-state index is 13.8. The topological polar surface area (TPSA) is 84.6 Å². The molecule has 1 aromatic rings. The zero-order valence-corrected chi connectivity index (χ0v) is 10.3. The first-order chi connectivity index (χ1) is 8.04. The second kappa shape index (κ2) is 4.83. The van der Waals surface area contributed by atoms with E-state index < -0.39 is 36.8 Å². The summed E-state index contributed by atoms with van der Waals surface area (Å²) in [4.78, 5) is 14.5. The Bertz CT molecular complexity index is 469. The van der Waals surface area contributed by atoms with Gasteiger partial charge in [-0.05, 0) is 0 Å². The Hall–Kier alpha value is -0.791. The van der Waals surface area contributed by atoms with Gasteiger partial charge in [0.2, 0.25) is 0 Å². The van der Waals surface area contributed by atoms with Crippen molar-refractivity contribution in [2.45, 2.75) is 24.6 Å². The van der Waals surface area contributed by atoms with Crippen LogP contribution in [0.4, 0.5) is 4.39 Å². The Balaban J connectivity index is 2.32. The zero-order chi connectivity index (χ0) is 12.6. The van der Waals surface area contributed by atoms with Gasteiger partial charge in [0.05, 0.1) is 0 Å². The predicted octanol–water partition coefficient (Wildman–Crippen LogP) is -2.37. The molecule has 93 valence electrons. The Morgan fingerprint density at radius 2 is 2.35 bits per heavy atom. The van der Waals surface area contributed by atoms with Crippen LogP contribution in [0.3, 0.4) is 0 Å². The normalized spacial score (nSPS) is 32.9. The monoisotopic (exact) mass is 309 g/mol. The Morgan fingerprint density at radius 3 is 2.88 bits per heavy atom. The Kier molecular flexibility index (Phi) is 3.60. The molecule has 0 aromatic carbocycles. The molecule has 1 unspecified atom stereocenters. The fourth-order valence-electron chi connectivity index (χ4n) is 1.67. The van der Waals surface area contributed by atoms with Gasteiger partial charge < -0.3 is 0 Å². The third kappa shape index (κ3) is 2.27. The van der Waals surface area contributed by atoms with Gasteiger partial charge in [-0.1, -0.05) is 0 Å². The minimum absolute atomic E-state index is 0.163. The van der Waals surface area contributed by atoms with E-state index in [9.17, 15) is 14.3 Å². The standard InChI is InChI=1S/C9H10FN2O4Se/c10-6-7(15)4(3-13)16-8(6)12-2-1-5(14)11-9(12)17/h1-2,4,6-8,13,15H,3H2/t4-,6+,7?,8-/m1/s1. The molecule has 2 N–H and O–H groups in total. The molecule has 1 saturated heterocycles. The van der Waals surface area contributed by atoms with Gasteiger partial charge in [0.1, 0.15) is 0 Å². The van der Waals surface area contributed by atoms with Crippen molar-refractivity contribution in [1.29, 1.82) is 0 Å². The van der Waals surface area contributed by atoms with Crippen LogP contribution >= 0.6 is 0 Å². The van der Waals surface area contributed by atoms with Crippen molar-refractivity contribution < 1.29 is 19.3 Å². The van der Waals surface area contributed by atoms with E-state index in [1.54, 1.807) is 0 Å². The van der Waals surface area contributed by atoms with Gasteiger partial charge in [0.25, 0.3) is 0 Å². The third-order valence-electron chi connectivity index (χ3n) is 2.55. The number of hydrogen-bond donors (Lipinski definition) is 2. The van der Waals surface area contributed by atoms with Crippen molar-refractivity contribution >= 4 is 20.7 Å². The number of aliphatic hydroxyl groups is 2. The summed E-state index contributed by atoms with van der Waals surface area (Å²) < 4.78 is 20.4. The molecule has 0 saturated carbocycles. The van der Waals surface area contributed by atoms with Crippen molar-refractivity contribution in [2.75, 3.05) is 6.61 Å². The van der Waals surface area contributed by atoms with E-state index >= 15 is 0 Å². The van der Waals surface area contributed by atoms with E-state index in [2.05, 4.69) is 21.0 Å². The zero-order valence-electron chi connectivity index (χ0n) is 8.56. The van der Waals surface area contributed by atoms with Crippen LogP contribution in [0.25, 0.3) is 0 Å². The van der Waals surface area contributed by atoms with Gasteiger partial charge in [-0.3, -0.25) is 0 Å². The van der Waals surface area contributed by atoms with Crippen molar-refractivity contribution in [3.05, 3.63) is 22.6 Å². The van der Waals surface area contributed by atoms with E-state index in [-0.39, 0.29) is 4.72 Å². The summed E-state index contributed by atoms with van der Waals surface area (Å²) >= 11 is 2.52. The van der Waals surface area contributed by atoms with Crippen LogP contribution in [-0.2, 0) is 4.74 Å². The van der Waals surface area contributed by atoms with Crippen molar-refractivity contribution in [1.82, 2.24) is 9.55 Å². The average molecular weight is 308 g/mol. The molecule has 0 spiro atoms. The third-order valence-corrected chi connectivity index (χ3v) is 3.19. The number of alkyl halides is 1. The molecule has 1 radical (unpaired) electrons. The molecule has 6 nitrogen and oxygen atoms in total. The van der Waals surface area contributed by atoms with Crippen LogP contribution in [-0.4, -0.2) is 60.8 Å². The van der Waals surface area contributed by atoms with Crippen LogP contribution in [0.1, 0.15) is 6.23 Å². The summed E-state index contributed by atoms with van der Waals surface area (Å²) in [7, 11) is 0. The molecular formula is C9H10FN2O4Se. The van der Waals surface area contributed by atoms with Crippen LogP contribution < -0.4 is 10.3 Å². The number of hydrogen-bond acceptors (Lipinski definition) is 5. The van der Waals surface area contributed by atoms with Crippen molar-refractivity contribution in [2.24, 2.45) is 0 Å². The number of aromatic nitrogens is 2. The number of aliphatic hydroxyl groups excluding tert-OH is 2. The number of nitrogens with zero attached hydrogens (tertiary/aromatic N) is 2. The molecule has 1 aliphatic heterocycles. The summed E-state index contributed by atoms with van der Waals surface area (Å²) in [6.45, 7) is -0.478. The molecule has 1 fully saturated rings. The van der Waals surface area contributed by atoms with Crippen LogP contribution in [0.5, 0.6) is 0 Å². The molecule has 0 bridgehead atoms. The van der Waals surface area contributed by atoms with E-state index in [1.807, 2.05) is 0 Å². The minimum atomic E-state index is -1.69. The molecule has 1 aromatic heterocycles. The second-order valence-electron chi connectivity index (χ2n) is 3.64. The van der Waals surface area contributed by atoms with Crippen LogP contribution in [0.15, 0.2) is 17.1 Å². The van der Waals surface area contributed by atoms with E-state index in [4.69, 9.17) is 9.84 Å².